The Labute approximate surface area is 126 Å². The lowest BCUT2D eigenvalue weighted by Gasteiger charge is -2.20. The van der Waals surface area contributed by atoms with Crippen molar-refractivity contribution in [2.24, 2.45) is 0 Å². The molecule has 0 amide bonds. The molecule has 0 unspecified atom stereocenters. The van der Waals surface area contributed by atoms with E-state index in [1.165, 1.54) is 36.1 Å². The summed E-state index contributed by atoms with van der Waals surface area (Å²) in [4.78, 5) is 8.76. The molecule has 1 aliphatic carbocycles. The van der Waals surface area contributed by atoms with E-state index in [9.17, 15) is 0 Å². The first-order chi connectivity index (χ1) is 10.4. The van der Waals surface area contributed by atoms with E-state index >= 15 is 0 Å². The van der Waals surface area contributed by atoms with Crippen molar-refractivity contribution in [3.8, 4) is 0 Å². The molecule has 1 aromatic heterocycles. The van der Waals surface area contributed by atoms with Gasteiger partial charge in [0.2, 0.25) is 5.95 Å². The number of rotatable bonds is 5. The second-order valence-electron chi connectivity index (χ2n) is 5.47. The molecule has 0 spiro atoms. The molecule has 0 atom stereocenters. The summed E-state index contributed by atoms with van der Waals surface area (Å²) in [6.45, 7) is 3.02. The molecular formula is C17H22N4. The highest BCUT2D eigenvalue weighted by Crippen LogP contribution is 2.29. The molecule has 21 heavy (non-hydrogen) atoms. The molecule has 0 saturated heterocycles. The van der Waals surface area contributed by atoms with Gasteiger partial charge in [0.25, 0.3) is 0 Å². The standard InChI is InChI=1S/C17H22N4/c1-2-11-18-17-19-12-10-16(21-17)20-15-9-5-7-13-6-3-4-8-14(13)15/h5,7,9-10,12H,2-4,6,8,11H2,1H3,(H2,18,19,20,21). The minimum atomic E-state index is 0.687. The van der Waals surface area contributed by atoms with Crippen LogP contribution in [0.4, 0.5) is 17.5 Å². The summed E-state index contributed by atoms with van der Waals surface area (Å²) < 4.78 is 0. The summed E-state index contributed by atoms with van der Waals surface area (Å²) >= 11 is 0. The number of anilines is 3. The van der Waals surface area contributed by atoms with Crippen LogP contribution in [0, 0.1) is 0 Å². The highest BCUT2D eigenvalue weighted by Gasteiger charge is 2.13. The van der Waals surface area contributed by atoms with Gasteiger partial charge in [0, 0.05) is 18.4 Å². The van der Waals surface area contributed by atoms with Crippen LogP contribution in [0.5, 0.6) is 0 Å². The van der Waals surface area contributed by atoms with Crippen LogP contribution < -0.4 is 10.6 Å². The summed E-state index contributed by atoms with van der Waals surface area (Å²) in [5.74, 6) is 1.54. The normalized spacial score (nSPS) is 13.6. The average Bonchev–Trinajstić information content (AvgIpc) is 2.54. The van der Waals surface area contributed by atoms with Crippen molar-refractivity contribution >= 4 is 17.5 Å². The minimum absolute atomic E-state index is 0.687. The average molecular weight is 282 g/mol. The van der Waals surface area contributed by atoms with Gasteiger partial charge in [-0.2, -0.15) is 4.98 Å². The van der Waals surface area contributed by atoms with Crippen molar-refractivity contribution in [3.63, 3.8) is 0 Å². The van der Waals surface area contributed by atoms with E-state index in [0.717, 1.165) is 25.2 Å². The fourth-order valence-electron chi connectivity index (χ4n) is 2.79. The molecule has 0 radical (unpaired) electrons. The maximum Gasteiger partial charge on any atom is 0.224 e. The first kappa shape index (κ1) is 13.9. The Morgan fingerprint density at radius 2 is 2.05 bits per heavy atom. The molecule has 0 saturated carbocycles. The van der Waals surface area contributed by atoms with Gasteiger partial charge in [-0.15, -0.1) is 0 Å². The fraction of sp³-hybridized carbons (Fsp3) is 0.412. The van der Waals surface area contributed by atoms with E-state index in [1.807, 2.05) is 6.07 Å². The van der Waals surface area contributed by atoms with Crippen molar-refractivity contribution in [1.29, 1.82) is 0 Å². The Balaban J connectivity index is 1.80. The van der Waals surface area contributed by atoms with E-state index in [4.69, 9.17) is 0 Å². The first-order valence-corrected chi connectivity index (χ1v) is 7.81. The van der Waals surface area contributed by atoms with Crippen molar-refractivity contribution in [3.05, 3.63) is 41.6 Å². The number of hydrogen-bond donors (Lipinski definition) is 2. The van der Waals surface area contributed by atoms with Gasteiger partial charge in [-0.3, -0.25) is 0 Å². The molecule has 1 aromatic carbocycles. The number of fused-ring (bicyclic) bond motifs is 1. The number of aromatic nitrogens is 2. The first-order valence-electron chi connectivity index (χ1n) is 7.81. The van der Waals surface area contributed by atoms with Gasteiger partial charge in [-0.1, -0.05) is 19.1 Å². The molecule has 110 valence electrons. The Morgan fingerprint density at radius 1 is 1.14 bits per heavy atom. The van der Waals surface area contributed by atoms with Crippen LogP contribution in [-0.2, 0) is 12.8 Å². The van der Waals surface area contributed by atoms with E-state index in [-0.39, 0.29) is 0 Å². The predicted octanol–water partition coefficient (Wildman–Crippen LogP) is 3.92. The van der Waals surface area contributed by atoms with E-state index in [1.54, 1.807) is 6.20 Å². The van der Waals surface area contributed by atoms with Gasteiger partial charge >= 0.3 is 0 Å². The van der Waals surface area contributed by atoms with E-state index < -0.39 is 0 Å². The van der Waals surface area contributed by atoms with Crippen LogP contribution >= 0.6 is 0 Å². The van der Waals surface area contributed by atoms with Gasteiger partial charge in [0.15, 0.2) is 0 Å². The Hall–Kier alpha value is -2.10. The van der Waals surface area contributed by atoms with Crippen molar-refractivity contribution in [1.82, 2.24) is 9.97 Å². The number of benzene rings is 1. The quantitative estimate of drug-likeness (QED) is 0.872. The molecule has 0 bridgehead atoms. The van der Waals surface area contributed by atoms with Crippen LogP contribution in [0.15, 0.2) is 30.5 Å². The van der Waals surface area contributed by atoms with Crippen LogP contribution in [0.3, 0.4) is 0 Å². The van der Waals surface area contributed by atoms with Crippen LogP contribution in [-0.4, -0.2) is 16.5 Å². The summed E-state index contributed by atoms with van der Waals surface area (Å²) in [5, 5.41) is 6.68. The summed E-state index contributed by atoms with van der Waals surface area (Å²) in [6.07, 6.45) is 7.78. The molecular weight excluding hydrogens is 260 g/mol. The van der Waals surface area contributed by atoms with E-state index in [0.29, 0.717) is 5.95 Å². The maximum atomic E-state index is 4.52. The zero-order valence-electron chi connectivity index (χ0n) is 12.5. The fourth-order valence-corrected chi connectivity index (χ4v) is 2.79. The third-order valence-electron chi connectivity index (χ3n) is 3.85. The molecule has 3 rings (SSSR count). The smallest absolute Gasteiger partial charge is 0.224 e. The van der Waals surface area contributed by atoms with Gasteiger partial charge < -0.3 is 10.6 Å². The Morgan fingerprint density at radius 3 is 2.95 bits per heavy atom. The lowest BCUT2D eigenvalue weighted by Crippen LogP contribution is -2.08. The summed E-state index contributed by atoms with van der Waals surface area (Å²) in [7, 11) is 0. The second kappa shape index (κ2) is 6.57. The molecule has 4 heteroatoms. The summed E-state index contributed by atoms with van der Waals surface area (Å²) in [5.41, 5.74) is 4.11. The minimum Gasteiger partial charge on any atom is -0.354 e. The SMILES string of the molecule is CCCNc1nccc(Nc2cccc3c2CCCC3)n1. The van der Waals surface area contributed by atoms with Crippen molar-refractivity contribution in [2.75, 3.05) is 17.2 Å². The molecule has 0 aliphatic heterocycles. The topological polar surface area (TPSA) is 49.8 Å². The highest BCUT2D eigenvalue weighted by molar-refractivity contribution is 5.63. The zero-order valence-corrected chi connectivity index (χ0v) is 12.5. The predicted molar refractivity (Wildman–Crippen MR) is 87.2 cm³/mol. The number of nitrogens with one attached hydrogen (secondary N) is 2. The maximum absolute atomic E-state index is 4.52. The largest absolute Gasteiger partial charge is 0.354 e. The third-order valence-corrected chi connectivity index (χ3v) is 3.85. The lowest BCUT2D eigenvalue weighted by molar-refractivity contribution is 0.687. The number of hydrogen-bond acceptors (Lipinski definition) is 4. The number of nitrogens with zero attached hydrogens (tertiary/aromatic N) is 2. The second-order valence-corrected chi connectivity index (χ2v) is 5.47. The molecule has 1 aliphatic rings. The van der Waals surface area contributed by atoms with Gasteiger partial charge in [-0.25, -0.2) is 4.98 Å². The highest BCUT2D eigenvalue weighted by atomic mass is 15.1. The van der Waals surface area contributed by atoms with Gasteiger partial charge in [-0.05, 0) is 55.4 Å². The molecule has 4 nitrogen and oxygen atoms in total. The Kier molecular flexibility index (Phi) is 4.34. The zero-order chi connectivity index (χ0) is 14.5. The lowest BCUT2D eigenvalue weighted by atomic mass is 9.90. The van der Waals surface area contributed by atoms with Crippen molar-refractivity contribution in [2.45, 2.75) is 39.0 Å². The third kappa shape index (κ3) is 3.32. The van der Waals surface area contributed by atoms with Gasteiger partial charge in [0.05, 0.1) is 0 Å². The number of aryl methyl sites for hydroxylation is 1. The molecule has 0 fully saturated rings. The molecule has 1 heterocycles. The Bertz CT molecular complexity index is 609. The van der Waals surface area contributed by atoms with Crippen LogP contribution in [0.2, 0.25) is 0 Å². The van der Waals surface area contributed by atoms with Gasteiger partial charge in [0.1, 0.15) is 5.82 Å². The molecule has 2 aromatic rings. The van der Waals surface area contributed by atoms with Crippen LogP contribution in [0.1, 0.15) is 37.3 Å². The van der Waals surface area contributed by atoms with Crippen LogP contribution in [0.25, 0.3) is 0 Å². The molecule has 2 N–H and O–H groups in total. The van der Waals surface area contributed by atoms with E-state index in [2.05, 4.69) is 45.7 Å². The summed E-state index contributed by atoms with van der Waals surface area (Å²) in [6, 6.07) is 8.43. The monoisotopic (exact) mass is 282 g/mol. The van der Waals surface area contributed by atoms with Crippen molar-refractivity contribution < 1.29 is 0 Å².